The summed E-state index contributed by atoms with van der Waals surface area (Å²) in [4.78, 5) is 43.5. The first-order valence-corrected chi connectivity index (χ1v) is 12.7. The van der Waals surface area contributed by atoms with Crippen molar-refractivity contribution < 1.29 is 22.3 Å². The number of fused-ring (bicyclic) bond motifs is 1. The summed E-state index contributed by atoms with van der Waals surface area (Å²) in [5, 5.41) is 5.10. The number of aromatic nitrogens is 4. The van der Waals surface area contributed by atoms with Crippen LogP contribution < -0.4 is 16.4 Å². The van der Waals surface area contributed by atoms with Crippen LogP contribution in [0.2, 0.25) is 0 Å². The molecular weight excluding hydrogens is 551 g/mol. The fraction of sp³-hybridized carbons (Fsp3) is 0.0968. The van der Waals surface area contributed by atoms with Gasteiger partial charge in [0.05, 0.1) is 11.2 Å². The van der Waals surface area contributed by atoms with Crippen LogP contribution in [0.3, 0.4) is 0 Å². The maximum absolute atomic E-state index is 15.0. The molecule has 0 radical (unpaired) electrons. The van der Waals surface area contributed by atoms with E-state index < -0.39 is 11.8 Å². The number of nitrogens with zero attached hydrogens (tertiary/aromatic N) is 5. The molecule has 12 heteroatoms. The lowest BCUT2D eigenvalue weighted by Crippen LogP contribution is -2.22. The van der Waals surface area contributed by atoms with Gasteiger partial charge in [-0.15, -0.1) is 13.2 Å². The summed E-state index contributed by atoms with van der Waals surface area (Å²) in [5.41, 5.74) is 10.9. The van der Waals surface area contributed by atoms with E-state index in [2.05, 4.69) is 43.7 Å². The number of nitrogens with two attached hydrogens (primary N) is 1. The molecule has 0 aliphatic rings. The van der Waals surface area contributed by atoms with Crippen molar-refractivity contribution in [1.82, 2.24) is 24.8 Å². The van der Waals surface area contributed by atoms with Crippen LogP contribution in [-0.4, -0.2) is 56.3 Å². The predicted molar refractivity (Wildman–Crippen MR) is 171 cm³/mol. The van der Waals surface area contributed by atoms with Gasteiger partial charge in [0.2, 0.25) is 0 Å². The van der Waals surface area contributed by atoms with Gasteiger partial charge in [-0.1, -0.05) is 6.07 Å². The third-order valence-electron chi connectivity index (χ3n) is 6.08. The predicted octanol–water partition coefficient (Wildman–Crippen LogP) is 5.60. The van der Waals surface area contributed by atoms with Crippen LogP contribution in [0.4, 0.5) is 26.4 Å². The van der Waals surface area contributed by atoms with Crippen molar-refractivity contribution in [2.24, 2.45) is 0 Å². The third kappa shape index (κ3) is 7.31. The minimum Gasteiger partial charge on any atom is -0.412 e. The van der Waals surface area contributed by atoms with Gasteiger partial charge in [-0.2, -0.15) is 0 Å². The summed E-state index contributed by atoms with van der Waals surface area (Å²) >= 11 is 0. The standard InChI is InChI=1S/C29H25FN8O2.C2H4.H2O.2H2/c1-16-4-5-19(14-32-16)20-13-24-25(33-15-20)26(31)37-27(35-24)18-8-11-23(22(30)12-18)36-29(40)34-21-9-6-17(7-10-21)28(39)38(2)3;1-2;;;/h4-15H,1-3H3,(H2,31,35,37)(H2,34,36,40);1-2H2;1H2;2*1H. The molecule has 11 nitrogen and oxygen atoms in total. The largest absolute Gasteiger partial charge is 0.412 e. The quantitative estimate of drug-likeness (QED) is 0.225. The number of pyridine rings is 2. The van der Waals surface area contributed by atoms with Gasteiger partial charge in [0.1, 0.15) is 11.3 Å². The zero-order chi connectivity index (χ0) is 30.4. The topological polar surface area (TPSA) is 171 Å². The van der Waals surface area contributed by atoms with Crippen molar-refractivity contribution in [3.63, 3.8) is 0 Å². The first-order chi connectivity index (χ1) is 20.2. The number of aryl methyl sites for hydroxylation is 1. The minimum absolute atomic E-state index is 0. The summed E-state index contributed by atoms with van der Waals surface area (Å²) in [6, 6.07) is 15.6. The van der Waals surface area contributed by atoms with Crippen molar-refractivity contribution in [2.75, 3.05) is 30.5 Å². The van der Waals surface area contributed by atoms with Crippen LogP contribution >= 0.6 is 0 Å². The number of hydrogen-bond acceptors (Lipinski definition) is 7. The number of carbonyl (C=O) groups is 2. The number of nitrogens with one attached hydrogen (secondary N) is 2. The minimum atomic E-state index is -0.681. The molecule has 3 amide bonds. The highest BCUT2D eigenvalue weighted by Gasteiger charge is 2.14. The Morgan fingerprint density at radius 1 is 0.884 bits per heavy atom. The summed E-state index contributed by atoms with van der Waals surface area (Å²) in [6.45, 7) is 7.91. The molecule has 43 heavy (non-hydrogen) atoms. The second kappa shape index (κ2) is 13.7. The molecule has 0 spiro atoms. The Labute approximate surface area is 250 Å². The molecule has 0 atom stereocenters. The Morgan fingerprint density at radius 3 is 2.19 bits per heavy atom. The molecule has 0 aliphatic heterocycles. The van der Waals surface area contributed by atoms with Gasteiger partial charge in [-0.25, -0.2) is 19.2 Å². The molecule has 5 rings (SSSR count). The van der Waals surface area contributed by atoms with E-state index in [1.54, 1.807) is 56.8 Å². The molecular formula is C31H35FN8O3. The van der Waals surface area contributed by atoms with E-state index in [1.807, 2.05) is 25.1 Å². The van der Waals surface area contributed by atoms with E-state index in [-0.39, 0.29) is 31.6 Å². The van der Waals surface area contributed by atoms with Crippen LogP contribution in [0.1, 0.15) is 18.9 Å². The second-order valence-corrected chi connectivity index (χ2v) is 9.26. The third-order valence-corrected chi connectivity index (χ3v) is 6.08. The van der Waals surface area contributed by atoms with E-state index in [0.717, 1.165) is 16.8 Å². The lowest BCUT2D eigenvalue weighted by molar-refractivity contribution is 0.0827. The number of rotatable bonds is 5. The number of nitrogen functional groups attached to an aromatic ring is 1. The molecule has 5 aromatic rings. The molecule has 224 valence electrons. The van der Waals surface area contributed by atoms with Crippen molar-refractivity contribution in [3.05, 3.63) is 103 Å². The SMILES string of the molecule is C=C.Cc1ccc(-c2cnc3c(N)nc(-c4ccc(NC(=O)Nc5ccc(C(=O)N(C)C)cc5)c(F)c4)nc3c2)cn1.O.[HH].[HH]. The molecule has 0 unspecified atom stereocenters. The zero-order valence-electron chi connectivity index (χ0n) is 23.9. The highest BCUT2D eigenvalue weighted by molar-refractivity contribution is 6.00. The van der Waals surface area contributed by atoms with E-state index in [9.17, 15) is 14.0 Å². The molecule has 0 bridgehead atoms. The maximum Gasteiger partial charge on any atom is 0.323 e. The molecule has 0 saturated carbocycles. The Hall–Kier alpha value is -5.75. The van der Waals surface area contributed by atoms with Crippen LogP contribution in [0.5, 0.6) is 0 Å². The number of hydrogen-bond donors (Lipinski definition) is 3. The average Bonchev–Trinajstić information content (AvgIpc) is 2.99. The van der Waals surface area contributed by atoms with Crippen molar-refractivity contribution in [2.45, 2.75) is 6.92 Å². The number of anilines is 3. The smallest absolute Gasteiger partial charge is 0.323 e. The maximum atomic E-state index is 15.0. The lowest BCUT2D eigenvalue weighted by atomic mass is 10.1. The molecule has 3 heterocycles. The van der Waals surface area contributed by atoms with Gasteiger partial charge in [0, 0.05) is 63.0 Å². The molecule has 3 aromatic heterocycles. The van der Waals surface area contributed by atoms with Gasteiger partial charge in [-0.05, 0) is 61.5 Å². The second-order valence-electron chi connectivity index (χ2n) is 9.26. The van der Waals surface area contributed by atoms with Crippen LogP contribution in [0, 0.1) is 12.7 Å². The van der Waals surface area contributed by atoms with Crippen molar-refractivity contribution in [1.29, 1.82) is 0 Å². The number of amides is 3. The van der Waals surface area contributed by atoms with Crippen molar-refractivity contribution in [3.8, 4) is 22.5 Å². The Balaban J connectivity index is 0.00000199. The Kier molecular flexibility index (Phi) is 10.2. The summed E-state index contributed by atoms with van der Waals surface area (Å²) in [6.07, 6.45) is 3.43. The number of carbonyl (C=O) groups excluding carboxylic acids is 2. The van der Waals surface area contributed by atoms with Gasteiger partial charge < -0.3 is 26.7 Å². The first kappa shape index (κ1) is 31.8. The number of urea groups is 1. The van der Waals surface area contributed by atoms with E-state index >= 15 is 0 Å². The monoisotopic (exact) mass is 586 g/mol. The van der Waals surface area contributed by atoms with Crippen LogP contribution in [0.25, 0.3) is 33.5 Å². The Morgan fingerprint density at radius 2 is 1.56 bits per heavy atom. The summed E-state index contributed by atoms with van der Waals surface area (Å²) in [7, 11) is 3.31. The van der Waals surface area contributed by atoms with Gasteiger partial charge in [0.25, 0.3) is 5.91 Å². The summed E-state index contributed by atoms with van der Waals surface area (Å²) < 4.78 is 15.0. The van der Waals surface area contributed by atoms with Crippen molar-refractivity contribution >= 4 is 40.2 Å². The van der Waals surface area contributed by atoms with Crippen LogP contribution in [0.15, 0.2) is 86.2 Å². The molecule has 2 aromatic carbocycles. The molecule has 0 fully saturated rings. The summed E-state index contributed by atoms with van der Waals surface area (Å²) in [5.74, 6) is -0.461. The fourth-order valence-electron chi connectivity index (χ4n) is 3.96. The highest BCUT2D eigenvalue weighted by Crippen LogP contribution is 2.28. The Bertz CT molecular complexity index is 1770. The van der Waals surface area contributed by atoms with Crippen LogP contribution in [-0.2, 0) is 0 Å². The van der Waals surface area contributed by atoms with Gasteiger partial charge >= 0.3 is 6.03 Å². The normalized spacial score (nSPS) is 10.1. The van der Waals surface area contributed by atoms with E-state index in [1.165, 1.54) is 17.0 Å². The number of benzene rings is 2. The highest BCUT2D eigenvalue weighted by atomic mass is 19.1. The first-order valence-electron chi connectivity index (χ1n) is 12.7. The fourth-order valence-corrected chi connectivity index (χ4v) is 3.96. The lowest BCUT2D eigenvalue weighted by Gasteiger charge is -2.12. The number of halogens is 1. The zero-order valence-corrected chi connectivity index (χ0v) is 23.9. The van der Waals surface area contributed by atoms with Gasteiger partial charge in [-0.3, -0.25) is 14.8 Å². The van der Waals surface area contributed by atoms with E-state index in [0.29, 0.717) is 27.8 Å². The molecule has 0 aliphatic carbocycles. The van der Waals surface area contributed by atoms with Gasteiger partial charge in [0.15, 0.2) is 11.6 Å². The average molecular weight is 587 g/mol. The van der Waals surface area contributed by atoms with E-state index in [4.69, 9.17) is 5.73 Å². The molecule has 6 N–H and O–H groups in total. The molecule has 0 saturated heterocycles.